The topological polar surface area (TPSA) is 39.9 Å². The molecule has 0 saturated heterocycles. The molecule has 0 amide bonds. The number of hydrogen-bond donors (Lipinski definition) is 0. The Morgan fingerprint density at radius 2 is 1.93 bits per heavy atom. The quantitative estimate of drug-likeness (QED) is 0.563. The molecule has 0 saturated carbocycles. The first-order chi connectivity index (χ1) is 12.6. The Bertz CT molecular complexity index is 792. The first-order valence-electron chi connectivity index (χ1n) is 8.34. The van der Waals surface area contributed by atoms with Crippen LogP contribution in [0.3, 0.4) is 0 Å². The van der Waals surface area contributed by atoms with Crippen molar-refractivity contribution in [2.24, 2.45) is 5.92 Å². The largest absolute Gasteiger partial charge is 0.434 e. The Hall–Kier alpha value is -1.90. The highest BCUT2D eigenvalue weighted by molar-refractivity contribution is 6.33. The second-order valence-electron chi connectivity index (χ2n) is 5.98. The summed E-state index contributed by atoms with van der Waals surface area (Å²) in [5.41, 5.74) is 1.06. The summed E-state index contributed by atoms with van der Waals surface area (Å²) >= 11 is 6.33. The van der Waals surface area contributed by atoms with Gasteiger partial charge < -0.3 is 4.74 Å². The van der Waals surface area contributed by atoms with Crippen molar-refractivity contribution < 1.29 is 26.7 Å². The van der Waals surface area contributed by atoms with Crippen molar-refractivity contribution in [3.8, 4) is 17.0 Å². The van der Waals surface area contributed by atoms with Gasteiger partial charge in [0.1, 0.15) is 5.75 Å². The summed E-state index contributed by atoms with van der Waals surface area (Å²) in [4.78, 5) is 4.00. The number of nitrogens with zero attached hydrogens (tertiary/aromatic N) is 3. The minimum absolute atomic E-state index is 0.00590. The SMILES string of the molecule is CCc1nn(CC)c(-c2cnc(C[C@@H](C)C(F)(F)F)cc2OC(F)F)c1Cl. The monoisotopic (exact) mass is 411 g/mol. The molecule has 27 heavy (non-hydrogen) atoms. The fraction of sp³-hybridized carbons (Fsp3) is 0.529. The van der Waals surface area contributed by atoms with Crippen LogP contribution in [0.25, 0.3) is 11.3 Å². The third kappa shape index (κ3) is 4.88. The van der Waals surface area contributed by atoms with Crippen molar-refractivity contribution >= 4 is 11.6 Å². The Labute approximate surface area is 158 Å². The fourth-order valence-electron chi connectivity index (χ4n) is 2.59. The smallest absolute Gasteiger partial charge is 0.391 e. The van der Waals surface area contributed by atoms with Crippen LogP contribution in [0.4, 0.5) is 22.0 Å². The first kappa shape index (κ1) is 21.4. The third-order valence-corrected chi connectivity index (χ3v) is 4.46. The maximum absolute atomic E-state index is 12.9. The zero-order valence-corrected chi connectivity index (χ0v) is 15.7. The zero-order chi connectivity index (χ0) is 20.4. The molecule has 1 atom stereocenters. The van der Waals surface area contributed by atoms with Gasteiger partial charge >= 0.3 is 12.8 Å². The highest BCUT2D eigenvalue weighted by atomic mass is 35.5. The Morgan fingerprint density at radius 3 is 2.44 bits per heavy atom. The van der Waals surface area contributed by atoms with E-state index in [1.54, 1.807) is 6.92 Å². The van der Waals surface area contributed by atoms with Gasteiger partial charge in [0.15, 0.2) is 0 Å². The number of hydrogen-bond acceptors (Lipinski definition) is 3. The average molecular weight is 412 g/mol. The summed E-state index contributed by atoms with van der Waals surface area (Å²) < 4.78 is 70.2. The molecule has 0 aromatic carbocycles. The van der Waals surface area contributed by atoms with Crippen LogP contribution in [0.5, 0.6) is 5.75 Å². The van der Waals surface area contributed by atoms with Crippen molar-refractivity contribution in [2.45, 2.75) is 52.9 Å². The van der Waals surface area contributed by atoms with Crippen molar-refractivity contribution in [2.75, 3.05) is 0 Å². The lowest BCUT2D eigenvalue weighted by molar-refractivity contribution is -0.169. The predicted molar refractivity (Wildman–Crippen MR) is 91.1 cm³/mol. The van der Waals surface area contributed by atoms with Gasteiger partial charge in [0.2, 0.25) is 0 Å². The normalized spacial score (nSPS) is 13.3. The molecule has 0 fully saturated rings. The van der Waals surface area contributed by atoms with Crippen molar-refractivity contribution in [1.29, 1.82) is 0 Å². The van der Waals surface area contributed by atoms with E-state index in [-0.39, 0.29) is 22.0 Å². The van der Waals surface area contributed by atoms with E-state index in [9.17, 15) is 22.0 Å². The lowest BCUT2D eigenvalue weighted by atomic mass is 10.0. The number of ether oxygens (including phenoxy) is 1. The maximum Gasteiger partial charge on any atom is 0.391 e. The molecule has 0 N–H and O–H groups in total. The van der Waals surface area contributed by atoms with Crippen LogP contribution in [0.15, 0.2) is 12.3 Å². The number of aromatic nitrogens is 3. The minimum Gasteiger partial charge on any atom is -0.434 e. The van der Waals surface area contributed by atoms with Gasteiger partial charge in [-0.2, -0.15) is 27.1 Å². The van der Waals surface area contributed by atoms with Crippen LogP contribution in [-0.4, -0.2) is 27.6 Å². The van der Waals surface area contributed by atoms with Crippen LogP contribution < -0.4 is 4.74 Å². The lowest BCUT2D eigenvalue weighted by Gasteiger charge is -2.17. The number of alkyl halides is 5. The molecule has 0 radical (unpaired) electrons. The van der Waals surface area contributed by atoms with Crippen LogP contribution in [-0.2, 0) is 19.4 Å². The van der Waals surface area contributed by atoms with Crippen LogP contribution in [0.1, 0.15) is 32.2 Å². The van der Waals surface area contributed by atoms with Gasteiger partial charge in [-0.25, -0.2) is 0 Å². The molecule has 0 spiro atoms. The van der Waals surface area contributed by atoms with E-state index in [0.717, 1.165) is 13.0 Å². The summed E-state index contributed by atoms with van der Waals surface area (Å²) in [6.45, 7) is 1.90. The van der Waals surface area contributed by atoms with E-state index in [1.165, 1.54) is 10.9 Å². The van der Waals surface area contributed by atoms with Gasteiger partial charge in [-0.3, -0.25) is 9.67 Å². The Balaban J connectivity index is 2.53. The van der Waals surface area contributed by atoms with Crippen LogP contribution in [0, 0.1) is 5.92 Å². The van der Waals surface area contributed by atoms with Crippen LogP contribution >= 0.6 is 11.6 Å². The molecule has 2 aromatic rings. The summed E-state index contributed by atoms with van der Waals surface area (Å²) in [5, 5.41) is 4.59. The van der Waals surface area contributed by atoms with E-state index in [2.05, 4.69) is 14.8 Å². The molecule has 2 rings (SSSR count). The minimum atomic E-state index is -4.41. The number of aryl methyl sites for hydroxylation is 2. The van der Waals surface area contributed by atoms with Crippen molar-refractivity contribution in [1.82, 2.24) is 14.8 Å². The molecule has 2 heterocycles. The summed E-state index contributed by atoms with van der Waals surface area (Å²) in [6, 6.07) is 1.10. The highest BCUT2D eigenvalue weighted by Gasteiger charge is 2.36. The fourth-order valence-corrected chi connectivity index (χ4v) is 2.96. The number of pyridine rings is 1. The number of halogens is 6. The molecule has 150 valence electrons. The predicted octanol–water partition coefficient (Wildman–Crippen LogP) is 5.52. The summed E-state index contributed by atoms with van der Waals surface area (Å²) in [6.07, 6.45) is -3.14. The standard InChI is InChI=1S/C17H19ClF5N3O/c1-4-12-14(18)15(26(5-2)25-12)11-8-24-10(6-9(3)17(21,22)23)7-13(11)27-16(19)20/h7-9,16H,4-6H2,1-3H3/t9-/m1/s1. The van der Waals surface area contributed by atoms with Crippen LogP contribution in [0.2, 0.25) is 5.02 Å². The highest BCUT2D eigenvalue weighted by Crippen LogP contribution is 2.38. The van der Waals surface area contributed by atoms with E-state index in [1.807, 2.05) is 6.92 Å². The van der Waals surface area contributed by atoms with Gasteiger partial charge in [-0.05, 0) is 13.3 Å². The van der Waals surface area contributed by atoms with E-state index < -0.39 is 25.1 Å². The first-order valence-corrected chi connectivity index (χ1v) is 8.72. The maximum atomic E-state index is 12.9. The summed E-state index contributed by atoms with van der Waals surface area (Å²) in [5.74, 6) is -1.96. The van der Waals surface area contributed by atoms with E-state index in [4.69, 9.17) is 11.6 Å². The van der Waals surface area contributed by atoms with Crippen molar-refractivity contribution in [3.63, 3.8) is 0 Å². The Kier molecular flexibility index (Phi) is 6.67. The van der Waals surface area contributed by atoms with Gasteiger partial charge in [-0.1, -0.05) is 25.4 Å². The average Bonchev–Trinajstić information content (AvgIpc) is 2.89. The Morgan fingerprint density at radius 1 is 1.26 bits per heavy atom. The molecule has 4 nitrogen and oxygen atoms in total. The summed E-state index contributed by atoms with van der Waals surface area (Å²) in [7, 11) is 0. The second kappa shape index (κ2) is 8.41. The van der Waals surface area contributed by atoms with Gasteiger partial charge in [0.05, 0.1) is 27.9 Å². The zero-order valence-electron chi connectivity index (χ0n) is 14.9. The number of rotatable bonds is 7. The second-order valence-corrected chi connectivity index (χ2v) is 6.35. The molecule has 0 aliphatic carbocycles. The third-order valence-electron chi connectivity index (χ3n) is 4.06. The molecule has 0 bridgehead atoms. The molecular weight excluding hydrogens is 393 g/mol. The van der Waals surface area contributed by atoms with E-state index in [0.29, 0.717) is 24.4 Å². The lowest BCUT2D eigenvalue weighted by Crippen LogP contribution is -2.22. The van der Waals surface area contributed by atoms with Gasteiger partial charge in [0, 0.05) is 30.9 Å². The molecule has 0 unspecified atom stereocenters. The molecule has 10 heteroatoms. The molecule has 0 aliphatic rings. The molecule has 0 aliphatic heterocycles. The van der Waals surface area contributed by atoms with Crippen molar-refractivity contribution in [3.05, 3.63) is 28.7 Å². The van der Waals surface area contributed by atoms with E-state index >= 15 is 0 Å². The molecule has 2 aromatic heterocycles. The van der Waals surface area contributed by atoms with Gasteiger partial charge in [-0.15, -0.1) is 0 Å². The molecular formula is C17H19ClF5N3O. The van der Waals surface area contributed by atoms with Gasteiger partial charge in [0.25, 0.3) is 0 Å².